The van der Waals surface area contributed by atoms with Gasteiger partial charge in [0.2, 0.25) is 0 Å². The number of hydrogen-bond donors (Lipinski definition) is 0. The Hall–Kier alpha value is -2.15. The van der Waals surface area contributed by atoms with Crippen LogP contribution in [0.25, 0.3) is 0 Å². The summed E-state index contributed by atoms with van der Waals surface area (Å²) in [6.45, 7) is 18.7. The van der Waals surface area contributed by atoms with Crippen molar-refractivity contribution in [1.82, 2.24) is 0 Å². The Morgan fingerprint density at radius 1 is 0.645 bits per heavy atom. The highest BCUT2D eigenvalue weighted by molar-refractivity contribution is 6.75. The van der Waals surface area contributed by atoms with Crippen LogP contribution in [0.2, 0.25) is 0 Å². The monoisotopic (exact) mass is 447 g/mol. The topological polar surface area (TPSA) is 64.8 Å². The van der Waals surface area contributed by atoms with Crippen LogP contribution in [0.15, 0.2) is 45.8 Å². The molecule has 0 spiro atoms. The van der Waals surface area contributed by atoms with Crippen molar-refractivity contribution in [3.05, 3.63) is 30.3 Å². The minimum absolute atomic E-state index is 0.472. The van der Waals surface area contributed by atoms with E-state index < -0.39 is 8.80 Å². The number of nitrogens with zero attached hydrogens (tertiary/aromatic N) is 3. The van der Waals surface area contributed by atoms with Gasteiger partial charge >= 0.3 is 8.80 Å². The van der Waals surface area contributed by atoms with Crippen LogP contribution in [0.4, 0.5) is 0 Å². The zero-order valence-corrected chi connectivity index (χ0v) is 21.8. The van der Waals surface area contributed by atoms with Crippen LogP contribution in [-0.2, 0) is 13.6 Å². The molecule has 1 aromatic rings. The van der Waals surface area contributed by atoms with Gasteiger partial charge in [0.15, 0.2) is 0 Å². The second kappa shape index (κ2) is 13.3. The van der Waals surface area contributed by atoms with Gasteiger partial charge in [-0.05, 0) is 57.8 Å². The molecular formula is C24H41N3O3Si. The quantitative estimate of drug-likeness (QED) is 0.207. The normalized spacial score (nSPS) is 15.4. The Bertz CT molecular complexity index is 674. The molecule has 0 aliphatic carbocycles. The molecule has 0 saturated heterocycles. The fourth-order valence-corrected chi connectivity index (χ4v) is 4.99. The first kappa shape index (κ1) is 26.9. The minimum Gasteiger partial charge on any atom is -0.370 e. The van der Waals surface area contributed by atoms with Crippen molar-refractivity contribution in [2.75, 3.05) is 0 Å². The maximum Gasteiger partial charge on any atom is 0.800 e. The molecule has 7 heteroatoms. The standard InChI is InChI=1S/C24H41N3O3Si/c1-18(2)15-21(7)25-28-31(24-13-11-10-12-14-24,29-26-22(8)16-19(3)4)30-27-23(9)17-20(5)6/h10-14,18-20H,15-17H2,1-9H3. The van der Waals surface area contributed by atoms with Gasteiger partial charge in [-0.2, -0.15) is 0 Å². The predicted molar refractivity (Wildman–Crippen MR) is 133 cm³/mol. The molecule has 0 bridgehead atoms. The van der Waals surface area contributed by atoms with Crippen LogP contribution in [0.3, 0.4) is 0 Å². The van der Waals surface area contributed by atoms with Crippen molar-refractivity contribution >= 4 is 31.1 Å². The summed E-state index contributed by atoms with van der Waals surface area (Å²) in [5.41, 5.74) is 2.63. The van der Waals surface area contributed by atoms with Gasteiger partial charge in [-0.1, -0.05) is 71.9 Å². The highest BCUT2D eigenvalue weighted by Gasteiger charge is 2.55. The molecule has 31 heavy (non-hydrogen) atoms. The van der Waals surface area contributed by atoms with E-state index in [2.05, 4.69) is 57.0 Å². The summed E-state index contributed by atoms with van der Waals surface area (Å²) in [7, 11) is -3.58. The molecule has 174 valence electrons. The summed E-state index contributed by atoms with van der Waals surface area (Å²) in [5, 5.41) is 13.9. The predicted octanol–water partition coefficient (Wildman–Crippen LogP) is 6.15. The molecule has 0 aromatic heterocycles. The first-order chi connectivity index (χ1) is 14.5. The van der Waals surface area contributed by atoms with E-state index in [0.717, 1.165) is 41.6 Å². The van der Waals surface area contributed by atoms with Gasteiger partial charge in [-0.3, -0.25) is 0 Å². The molecule has 0 aliphatic heterocycles. The van der Waals surface area contributed by atoms with Crippen LogP contribution in [-0.4, -0.2) is 25.9 Å². The van der Waals surface area contributed by atoms with E-state index in [4.69, 9.17) is 13.6 Å². The lowest BCUT2D eigenvalue weighted by Gasteiger charge is -2.23. The third kappa shape index (κ3) is 10.6. The summed E-state index contributed by atoms with van der Waals surface area (Å²) >= 11 is 0. The van der Waals surface area contributed by atoms with E-state index in [0.29, 0.717) is 17.8 Å². The Kier molecular flexibility index (Phi) is 11.5. The molecule has 0 amide bonds. The maximum absolute atomic E-state index is 6.06. The third-order valence-corrected chi connectivity index (χ3v) is 6.24. The number of rotatable bonds is 13. The summed E-state index contributed by atoms with van der Waals surface area (Å²) in [4.78, 5) is 0. The fraction of sp³-hybridized carbons (Fsp3) is 0.625. The van der Waals surface area contributed by atoms with Crippen LogP contribution in [0.1, 0.15) is 81.6 Å². The van der Waals surface area contributed by atoms with Gasteiger partial charge in [0, 0.05) is 0 Å². The van der Waals surface area contributed by atoms with E-state index in [1.165, 1.54) is 0 Å². The number of oxime groups is 3. The Labute approximate surface area is 190 Å². The van der Waals surface area contributed by atoms with Gasteiger partial charge in [-0.25, -0.2) is 0 Å². The van der Waals surface area contributed by atoms with E-state index in [1.54, 1.807) is 0 Å². The Morgan fingerprint density at radius 3 is 1.26 bits per heavy atom. The van der Waals surface area contributed by atoms with E-state index >= 15 is 0 Å². The summed E-state index contributed by atoms with van der Waals surface area (Å²) < 4.78 is 18.2. The van der Waals surface area contributed by atoms with E-state index in [9.17, 15) is 0 Å². The van der Waals surface area contributed by atoms with Gasteiger partial charge in [0.25, 0.3) is 0 Å². The summed E-state index contributed by atoms with van der Waals surface area (Å²) in [6.07, 6.45) is 2.47. The van der Waals surface area contributed by atoms with Gasteiger partial charge in [-0.15, -0.1) is 15.5 Å². The number of benzene rings is 1. The van der Waals surface area contributed by atoms with Gasteiger partial charge in [0.05, 0.1) is 22.3 Å². The van der Waals surface area contributed by atoms with Crippen molar-refractivity contribution in [3.63, 3.8) is 0 Å². The first-order valence-electron chi connectivity index (χ1n) is 11.2. The highest BCUT2D eigenvalue weighted by Crippen LogP contribution is 2.16. The average Bonchev–Trinajstić information content (AvgIpc) is 2.67. The second-order valence-corrected chi connectivity index (χ2v) is 11.7. The molecule has 0 heterocycles. The first-order valence-corrected chi connectivity index (χ1v) is 13.0. The van der Waals surface area contributed by atoms with Crippen molar-refractivity contribution in [2.45, 2.75) is 81.6 Å². The molecule has 1 rings (SSSR count). The Balaban J connectivity index is 3.37. The van der Waals surface area contributed by atoms with Crippen molar-refractivity contribution in [3.8, 4) is 0 Å². The van der Waals surface area contributed by atoms with Gasteiger partial charge in [0.1, 0.15) is 0 Å². The molecule has 0 saturated carbocycles. The zero-order valence-electron chi connectivity index (χ0n) is 20.8. The van der Waals surface area contributed by atoms with Crippen LogP contribution in [0, 0.1) is 17.8 Å². The molecule has 0 radical (unpaired) electrons. The largest absolute Gasteiger partial charge is 0.800 e. The molecule has 1 aromatic carbocycles. The van der Waals surface area contributed by atoms with Crippen molar-refractivity contribution in [2.24, 2.45) is 33.2 Å². The lowest BCUT2D eigenvalue weighted by molar-refractivity contribution is 0.0797. The number of hydrogen-bond acceptors (Lipinski definition) is 6. The lowest BCUT2D eigenvalue weighted by Crippen LogP contribution is -2.54. The zero-order chi connectivity index (χ0) is 23.4. The second-order valence-electron chi connectivity index (χ2n) is 9.47. The van der Waals surface area contributed by atoms with Crippen LogP contribution in [0.5, 0.6) is 0 Å². The molecule has 0 unspecified atom stereocenters. The highest BCUT2D eigenvalue weighted by atomic mass is 28.4. The molecule has 0 fully saturated rings. The summed E-state index contributed by atoms with van der Waals surface area (Å²) in [5.74, 6) is 1.42. The molecule has 6 nitrogen and oxygen atoms in total. The average molecular weight is 448 g/mol. The lowest BCUT2D eigenvalue weighted by atomic mass is 10.1. The van der Waals surface area contributed by atoms with Crippen molar-refractivity contribution < 1.29 is 13.6 Å². The van der Waals surface area contributed by atoms with E-state index in [1.807, 2.05) is 51.1 Å². The minimum atomic E-state index is -3.58. The Morgan fingerprint density at radius 2 is 0.968 bits per heavy atom. The third-order valence-electron chi connectivity index (χ3n) is 4.20. The fourth-order valence-electron chi connectivity index (χ4n) is 3.15. The van der Waals surface area contributed by atoms with Gasteiger partial charge < -0.3 is 13.6 Å². The van der Waals surface area contributed by atoms with Crippen molar-refractivity contribution in [1.29, 1.82) is 0 Å². The maximum atomic E-state index is 6.06. The smallest absolute Gasteiger partial charge is 0.370 e. The SMILES string of the molecule is CC(CC(C)C)=NO[Si](ON=C(C)CC(C)C)(ON=C(C)CC(C)C)c1ccccc1. The molecule has 0 aliphatic rings. The van der Waals surface area contributed by atoms with E-state index in [-0.39, 0.29) is 0 Å². The van der Waals surface area contributed by atoms with Crippen LogP contribution < -0.4 is 5.19 Å². The molecular weight excluding hydrogens is 406 g/mol. The van der Waals surface area contributed by atoms with Crippen LogP contribution >= 0.6 is 0 Å². The molecule has 0 N–H and O–H groups in total. The summed E-state index contributed by atoms with van der Waals surface area (Å²) in [6, 6.07) is 9.62. The molecule has 0 atom stereocenters.